The molecule has 2 aromatic rings. The number of imidazole rings is 1. The standard InChI is InChI=1S/C11H9ClF2N4/c1-6-5-18(11(15)17-6)16-4-7-2-3-8(13)9(12)10(7)14/h2-5H,1H3,(H2,15,17). The molecule has 7 heteroatoms. The maximum atomic E-state index is 13.6. The van der Waals surface area contributed by atoms with Gasteiger partial charge < -0.3 is 5.73 Å². The van der Waals surface area contributed by atoms with E-state index in [1.165, 1.54) is 17.0 Å². The SMILES string of the molecule is Cc1cn(N=Cc2ccc(F)c(Cl)c2F)c(N)n1. The van der Waals surface area contributed by atoms with E-state index in [2.05, 4.69) is 10.1 Å². The Morgan fingerprint density at radius 2 is 2.17 bits per heavy atom. The maximum Gasteiger partial charge on any atom is 0.221 e. The minimum absolute atomic E-state index is 0.0622. The lowest BCUT2D eigenvalue weighted by Gasteiger charge is -2.00. The summed E-state index contributed by atoms with van der Waals surface area (Å²) in [5.74, 6) is -1.50. The zero-order valence-corrected chi connectivity index (χ0v) is 10.1. The summed E-state index contributed by atoms with van der Waals surface area (Å²) in [6, 6.07) is 2.30. The topological polar surface area (TPSA) is 56.2 Å². The molecule has 0 amide bonds. The van der Waals surface area contributed by atoms with Crippen LogP contribution in [0.15, 0.2) is 23.4 Å². The smallest absolute Gasteiger partial charge is 0.221 e. The number of nitrogen functional groups attached to an aromatic ring is 1. The van der Waals surface area contributed by atoms with Gasteiger partial charge in [0.15, 0.2) is 5.82 Å². The van der Waals surface area contributed by atoms with E-state index in [-0.39, 0.29) is 11.5 Å². The van der Waals surface area contributed by atoms with Crippen molar-refractivity contribution < 1.29 is 8.78 Å². The number of rotatable bonds is 2. The Balaban J connectivity index is 2.35. The quantitative estimate of drug-likeness (QED) is 0.674. The first kappa shape index (κ1) is 12.5. The zero-order valence-electron chi connectivity index (χ0n) is 9.36. The fraction of sp³-hybridized carbons (Fsp3) is 0.0909. The molecule has 1 heterocycles. The van der Waals surface area contributed by atoms with Crippen LogP contribution >= 0.6 is 11.6 Å². The Hall–Kier alpha value is -1.95. The van der Waals surface area contributed by atoms with Gasteiger partial charge in [-0.25, -0.2) is 18.4 Å². The number of nitrogens with two attached hydrogens (primary N) is 1. The maximum absolute atomic E-state index is 13.6. The average molecular weight is 271 g/mol. The van der Waals surface area contributed by atoms with Crippen LogP contribution in [0.3, 0.4) is 0 Å². The van der Waals surface area contributed by atoms with Gasteiger partial charge in [0.25, 0.3) is 0 Å². The third-order valence-corrected chi connectivity index (χ3v) is 2.57. The fourth-order valence-electron chi connectivity index (χ4n) is 1.36. The summed E-state index contributed by atoms with van der Waals surface area (Å²) < 4.78 is 27.8. The molecule has 0 saturated carbocycles. The third-order valence-electron chi connectivity index (χ3n) is 2.22. The predicted molar refractivity (Wildman–Crippen MR) is 65.7 cm³/mol. The number of aromatic nitrogens is 2. The lowest BCUT2D eigenvalue weighted by molar-refractivity contribution is 0.583. The van der Waals surface area contributed by atoms with Crippen LogP contribution in [-0.2, 0) is 0 Å². The molecule has 18 heavy (non-hydrogen) atoms. The van der Waals surface area contributed by atoms with Crippen molar-refractivity contribution in [2.24, 2.45) is 5.10 Å². The summed E-state index contributed by atoms with van der Waals surface area (Å²) in [5, 5.41) is 3.35. The van der Waals surface area contributed by atoms with Crippen LogP contribution in [0, 0.1) is 18.6 Å². The summed E-state index contributed by atoms with van der Waals surface area (Å²) in [4.78, 5) is 3.92. The summed E-state index contributed by atoms with van der Waals surface area (Å²) in [7, 11) is 0. The van der Waals surface area contributed by atoms with Gasteiger partial charge >= 0.3 is 0 Å². The lowest BCUT2D eigenvalue weighted by atomic mass is 10.2. The second kappa shape index (κ2) is 4.73. The molecule has 0 spiro atoms. The summed E-state index contributed by atoms with van der Waals surface area (Å²) in [6.45, 7) is 1.75. The Bertz CT molecular complexity index is 622. The Morgan fingerprint density at radius 3 is 2.78 bits per heavy atom. The molecule has 2 N–H and O–H groups in total. The molecule has 94 valence electrons. The summed E-state index contributed by atoms with van der Waals surface area (Å²) >= 11 is 5.44. The number of hydrogen-bond acceptors (Lipinski definition) is 3. The van der Waals surface area contributed by atoms with Crippen molar-refractivity contribution in [3.8, 4) is 0 Å². The van der Waals surface area contributed by atoms with Crippen molar-refractivity contribution in [2.45, 2.75) is 6.92 Å². The number of aryl methyl sites for hydroxylation is 1. The molecule has 2 rings (SSSR count). The van der Waals surface area contributed by atoms with Gasteiger partial charge in [0.05, 0.1) is 18.1 Å². The first-order valence-electron chi connectivity index (χ1n) is 4.98. The Labute approximate surface area is 107 Å². The fourth-order valence-corrected chi connectivity index (χ4v) is 1.53. The molecule has 0 aliphatic rings. The normalized spacial score (nSPS) is 11.3. The highest BCUT2D eigenvalue weighted by molar-refractivity contribution is 6.31. The minimum atomic E-state index is -0.865. The number of benzene rings is 1. The van der Waals surface area contributed by atoms with Crippen molar-refractivity contribution in [3.05, 3.63) is 46.2 Å². The van der Waals surface area contributed by atoms with E-state index in [1.807, 2.05) is 0 Å². The average Bonchev–Trinajstić information content (AvgIpc) is 2.64. The van der Waals surface area contributed by atoms with Crippen molar-refractivity contribution in [1.29, 1.82) is 0 Å². The van der Waals surface area contributed by atoms with Gasteiger partial charge in [-0.3, -0.25) is 0 Å². The molecule has 4 nitrogen and oxygen atoms in total. The molecule has 0 unspecified atom stereocenters. The van der Waals surface area contributed by atoms with Crippen molar-refractivity contribution >= 4 is 23.8 Å². The summed E-state index contributed by atoms with van der Waals surface area (Å²) in [6.07, 6.45) is 2.77. The number of nitrogens with zero attached hydrogens (tertiary/aromatic N) is 3. The van der Waals surface area contributed by atoms with Crippen LogP contribution < -0.4 is 5.73 Å². The van der Waals surface area contributed by atoms with Crippen LogP contribution in [0.5, 0.6) is 0 Å². The van der Waals surface area contributed by atoms with E-state index in [4.69, 9.17) is 17.3 Å². The van der Waals surface area contributed by atoms with Crippen LogP contribution in [-0.4, -0.2) is 15.9 Å². The van der Waals surface area contributed by atoms with Crippen molar-refractivity contribution in [2.75, 3.05) is 5.73 Å². The van der Waals surface area contributed by atoms with Crippen LogP contribution in [0.2, 0.25) is 5.02 Å². The van der Waals surface area contributed by atoms with Crippen molar-refractivity contribution in [3.63, 3.8) is 0 Å². The molecule has 1 aromatic heterocycles. The van der Waals surface area contributed by atoms with Gasteiger partial charge in [-0.1, -0.05) is 11.6 Å². The van der Waals surface area contributed by atoms with Crippen LogP contribution in [0.4, 0.5) is 14.7 Å². The molecular weight excluding hydrogens is 262 g/mol. The molecule has 0 radical (unpaired) electrons. The molecule has 1 aromatic carbocycles. The zero-order chi connectivity index (χ0) is 13.3. The second-order valence-electron chi connectivity index (χ2n) is 3.59. The number of anilines is 1. The van der Waals surface area contributed by atoms with Gasteiger partial charge in [-0.2, -0.15) is 5.10 Å². The second-order valence-corrected chi connectivity index (χ2v) is 3.97. The van der Waals surface area contributed by atoms with E-state index < -0.39 is 16.7 Å². The van der Waals surface area contributed by atoms with Gasteiger partial charge in [-0.15, -0.1) is 0 Å². The molecule has 0 bridgehead atoms. The van der Waals surface area contributed by atoms with E-state index >= 15 is 0 Å². The monoisotopic (exact) mass is 270 g/mol. The molecule has 0 atom stereocenters. The third kappa shape index (κ3) is 2.33. The van der Waals surface area contributed by atoms with E-state index in [0.29, 0.717) is 5.69 Å². The molecule has 0 fully saturated rings. The van der Waals surface area contributed by atoms with Crippen LogP contribution in [0.25, 0.3) is 0 Å². The highest BCUT2D eigenvalue weighted by Crippen LogP contribution is 2.20. The first-order valence-corrected chi connectivity index (χ1v) is 5.36. The highest BCUT2D eigenvalue weighted by Gasteiger charge is 2.10. The molecule has 0 saturated heterocycles. The molecule has 0 aliphatic carbocycles. The predicted octanol–water partition coefficient (Wildman–Crippen LogP) is 2.59. The van der Waals surface area contributed by atoms with E-state index in [0.717, 1.165) is 6.07 Å². The van der Waals surface area contributed by atoms with E-state index in [1.54, 1.807) is 13.1 Å². The number of halogens is 3. The lowest BCUT2D eigenvalue weighted by Crippen LogP contribution is -1.98. The molecule has 0 aliphatic heterocycles. The van der Waals surface area contributed by atoms with Gasteiger partial charge in [0.1, 0.15) is 10.8 Å². The Kier molecular flexibility index (Phi) is 3.29. The van der Waals surface area contributed by atoms with Crippen LogP contribution in [0.1, 0.15) is 11.3 Å². The van der Waals surface area contributed by atoms with Crippen molar-refractivity contribution in [1.82, 2.24) is 9.66 Å². The highest BCUT2D eigenvalue weighted by atomic mass is 35.5. The summed E-state index contributed by atoms with van der Waals surface area (Å²) in [5.41, 5.74) is 6.30. The minimum Gasteiger partial charge on any atom is -0.368 e. The first-order chi connectivity index (χ1) is 8.49. The largest absolute Gasteiger partial charge is 0.368 e. The Morgan fingerprint density at radius 1 is 1.44 bits per heavy atom. The van der Waals surface area contributed by atoms with Gasteiger partial charge in [-0.05, 0) is 19.1 Å². The van der Waals surface area contributed by atoms with Gasteiger partial charge in [0, 0.05) is 5.56 Å². The molecular formula is C11H9ClF2N4. The van der Waals surface area contributed by atoms with Gasteiger partial charge in [0.2, 0.25) is 5.95 Å². The number of hydrogen-bond donors (Lipinski definition) is 1. The van der Waals surface area contributed by atoms with E-state index in [9.17, 15) is 8.78 Å².